The number of fused-ring (bicyclic) bond motifs is 3. The molecule has 1 aliphatic rings. The van der Waals surface area contributed by atoms with Gasteiger partial charge >= 0.3 is 5.97 Å². The van der Waals surface area contributed by atoms with Crippen LogP contribution in [0.3, 0.4) is 0 Å². The second-order valence-electron chi connectivity index (χ2n) is 10.7. The van der Waals surface area contributed by atoms with Gasteiger partial charge in [-0.1, -0.05) is 91.4 Å². The van der Waals surface area contributed by atoms with Crippen molar-refractivity contribution < 1.29 is 9.53 Å². The van der Waals surface area contributed by atoms with Gasteiger partial charge in [0.05, 0.1) is 6.61 Å². The molecule has 0 amide bonds. The Labute approximate surface area is 244 Å². The highest BCUT2D eigenvalue weighted by molar-refractivity contribution is 9.10. The van der Waals surface area contributed by atoms with E-state index in [0.29, 0.717) is 6.61 Å². The van der Waals surface area contributed by atoms with E-state index in [1.807, 2.05) is 12.1 Å². The summed E-state index contributed by atoms with van der Waals surface area (Å²) in [7, 11) is 6.17. The van der Waals surface area contributed by atoms with Gasteiger partial charge in [-0.3, -0.25) is 0 Å². The van der Waals surface area contributed by atoms with Crippen LogP contribution in [0, 0.1) is 0 Å². The maximum atomic E-state index is 12.5. The lowest BCUT2D eigenvalue weighted by atomic mass is 9.75. The molecule has 202 valence electrons. The summed E-state index contributed by atoms with van der Waals surface area (Å²) < 4.78 is 6.64. The van der Waals surface area contributed by atoms with Gasteiger partial charge in [0.25, 0.3) is 0 Å². The van der Waals surface area contributed by atoms with Crippen LogP contribution >= 0.6 is 15.9 Å². The van der Waals surface area contributed by atoms with Crippen LogP contribution < -0.4 is 10.4 Å². The van der Waals surface area contributed by atoms with Gasteiger partial charge in [-0.25, -0.2) is 4.79 Å². The van der Waals surface area contributed by atoms with Crippen LogP contribution in [0.25, 0.3) is 17.2 Å². The van der Waals surface area contributed by atoms with Crippen molar-refractivity contribution in [2.45, 2.75) is 64.7 Å². The number of carbonyl (C=O) groups excluding carboxylic acids is 1. The molecule has 0 saturated heterocycles. The van der Waals surface area contributed by atoms with E-state index >= 15 is 0 Å². The molecular formula is C34H39BBrNO2. The molecule has 2 radical (unpaired) electrons. The number of ether oxygens (including phenoxy) is 1. The fourth-order valence-electron chi connectivity index (χ4n) is 5.55. The Bertz CT molecular complexity index is 1240. The minimum absolute atomic E-state index is 0.185. The number of nitrogens with zero attached hydrogens (tertiary/aromatic N) is 1. The van der Waals surface area contributed by atoms with E-state index < -0.39 is 0 Å². The van der Waals surface area contributed by atoms with E-state index in [0.717, 1.165) is 41.4 Å². The third-order valence-electron chi connectivity index (χ3n) is 7.80. The predicted octanol–water partition coefficient (Wildman–Crippen LogP) is 7.97. The first-order valence-corrected chi connectivity index (χ1v) is 15.0. The van der Waals surface area contributed by atoms with Gasteiger partial charge in [0.15, 0.2) is 0 Å². The van der Waals surface area contributed by atoms with Crippen molar-refractivity contribution in [3.8, 4) is 11.1 Å². The van der Waals surface area contributed by atoms with Crippen molar-refractivity contribution in [2.75, 3.05) is 24.6 Å². The average molecular weight is 584 g/mol. The van der Waals surface area contributed by atoms with E-state index in [-0.39, 0.29) is 11.4 Å². The third-order valence-corrected chi connectivity index (χ3v) is 8.30. The zero-order valence-electron chi connectivity index (χ0n) is 23.5. The molecule has 5 heteroatoms. The van der Waals surface area contributed by atoms with Crippen molar-refractivity contribution in [3.05, 3.63) is 87.9 Å². The van der Waals surface area contributed by atoms with Crippen molar-refractivity contribution in [3.63, 3.8) is 0 Å². The fourth-order valence-corrected chi connectivity index (χ4v) is 5.91. The Morgan fingerprint density at radius 1 is 0.923 bits per heavy atom. The van der Waals surface area contributed by atoms with Crippen LogP contribution in [-0.2, 0) is 14.9 Å². The highest BCUT2D eigenvalue weighted by atomic mass is 79.9. The molecule has 1 unspecified atom stereocenters. The molecule has 39 heavy (non-hydrogen) atoms. The number of anilines is 1. The minimum Gasteiger partial charge on any atom is -0.463 e. The normalized spacial score (nSPS) is 15.8. The maximum Gasteiger partial charge on any atom is 0.330 e. The van der Waals surface area contributed by atoms with E-state index in [1.165, 1.54) is 59.7 Å². The molecule has 3 nitrogen and oxygen atoms in total. The summed E-state index contributed by atoms with van der Waals surface area (Å²) >= 11 is 3.64. The Balaban J connectivity index is 1.32. The van der Waals surface area contributed by atoms with Crippen LogP contribution in [0.5, 0.6) is 0 Å². The quantitative estimate of drug-likeness (QED) is 0.0884. The van der Waals surface area contributed by atoms with Crippen molar-refractivity contribution in [2.24, 2.45) is 0 Å². The maximum absolute atomic E-state index is 12.5. The first kappa shape index (κ1) is 29.2. The molecule has 0 bridgehead atoms. The molecule has 0 heterocycles. The van der Waals surface area contributed by atoms with E-state index in [1.54, 1.807) is 0 Å². The first-order valence-electron chi connectivity index (χ1n) is 14.3. The predicted molar refractivity (Wildman–Crippen MR) is 169 cm³/mol. The molecule has 0 saturated carbocycles. The van der Waals surface area contributed by atoms with Gasteiger partial charge in [0.2, 0.25) is 0 Å². The SMILES string of the molecule is [B]c1ccc2c(c1)C(C)(CCCOC(=O)/C=C/c1ccc(N(CCCC)CCCC)cc1)c1cc(Br)ccc1-2. The monoisotopic (exact) mass is 583 g/mol. The van der Waals surface area contributed by atoms with E-state index in [4.69, 9.17) is 12.6 Å². The molecular weight excluding hydrogens is 545 g/mol. The van der Waals surface area contributed by atoms with Crippen LogP contribution in [0.2, 0.25) is 0 Å². The number of hydrogen-bond acceptors (Lipinski definition) is 3. The standard InChI is InChI=1S/C34H39BBrNO2/c1-4-6-20-37(21-7-5-2)28-14-9-25(10-15-28)11-18-33(38)39-22-8-19-34(3)31-23-26(35)12-16-29(31)30-17-13-27(36)24-32(30)34/h9-18,23-24H,4-8,19-22H2,1-3H3/b18-11+. The van der Waals surface area contributed by atoms with E-state index in [9.17, 15) is 4.79 Å². The number of benzene rings is 3. The summed E-state index contributed by atoms with van der Waals surface area (Å²) in [5.74, 6) is -0.309. The fraction of sp³-hybridized carbons (Fsp3) is 0.382. The zero-order valence-corrected chi connectivity index (χ0v) is 25.1. The summed E-state index contributed by atoms with van der Waals surface area (Å²) in [5.41, 5.74) is 7.84. The topological polar surface area (TPSA) is 29.5 Å². The van der Waals surface area contributed by atoms with Crippen molar-refractivity contribution in [1.82, 2.24) is 0 Å². The largest absolute Gasteiger partial charge is 0.463 e. The number of carbonyl (C=O) groups is 1. The zero-order chi connectivity index (χ0) is 27.8. The number of unbranched alkanes of at least 4 members (excludes halogenated alkanes) is 2. The van der Waals surface area contributed by atoms with Gasteiger partial charge in [-0.15, -0.1) is 0 Å². The smallest absolute Gasteiger partial charge is 0.330 e. The average Bonchev–Trinajstić information content (AvgIpc) is 3.17. The van der Waals surface area contributed by atoms with Gasteiger partial charge < -0.3 is 9.64 Å². The highest BCUT2D eigenvalue weighted by Gasteiger charge is 2.38. The highest BCUT2D eigenvalue weighted by Crippen LogP contribution is 2.51. The second kappa shape index (κ2) is 13.5. The number of hydrogen-bond donors (Lipinski definition) is 0. The minimum atomic E-state index is -0.309. The molecule has 1 atom stereocenters. The lowest BCUT2D eigenvalue weighted by Gasteiger charge is -2.28. The van der Waals surface area contributed by atoms with Crippen molar-refractivity contribution >= 4 is 47.0 Å². The molecule has 3 aromatic rings. The summed E-state index contributed by atoms with van der Waals surface area (Å²) in [6.07, 6.45) is 9.76. The summed E-state index contributed by atoms with van der Waals surface area (Å²) in [6.45, 7) is 9.27. The molecule has 0 spiro atoms. The first-order chi connectivity index (χ1) is 18.9. The number of rotatable bonds is 13. The lowest BCUT2D eigenvalue weighted by Crippen LogP contribution is -2.25. The third kappa shape index (κ3) is 7.05. The summed E-state index contributed by atoms with van der Waals surface area (Å²) in [6, 6.07) is 21.1. The van der Waals surface area contributed by atoms with Gasteiger partial charge in [0.1, 0.15) is 7.85 Å². The molecule has 0 aliphatic heterocycles. The molecule has 0 aromatic heterocycles. The van der Waals surface area contributed by atoms with Crippen LogP contribution in [0.1, 0.15) is 76.0 Å². The lowest BCUT2D eigenvalue weighted by molar-refractivity contribution is -0.137. The Morgan fingerprint density at radius 3 is 2.23 bits per heavy atom. The van der Waals surface area contributed by atoms with Gasteiger partial charge in [-0.05, 0) is 83.8 Å². The molecule has 0 fully saturated rings. The number of halogens is 1. The van der Waals surface area contributed by atoms with Crippen LogP contribution in [0.15, 0.2) is 71.2 Å². The Kier molecular flexibility index (Phi) is 10.1. The molecule has 0 N–H and O–H groups in total. The second-order valence-corrected chi connectivity index (χ2v) is 11.6. The van der Waals surface area contributed by atoms with Gasteiger partial charge in [-0.2, -0.15) is 0 Å². The summed E-state index contributed by atoms with van der Waals surface area (Å²) in [4.78, 5) is 14.9. The Morgan fingerprint density at radius 2 is 1.56 bits per heavy atom. The summed E-state index contributed by atoms with van der Waals surface area (Å²) in [5, 5.41) is 0. The van der Waals surface area contributed by atoms with Gasteiger partial charge in [0, 0.05) is 34.7 Å². The Hall–Kier alpha value is -2.79. The van der Waals surface area contributed by atoms with Crippen molar-refractivity contribution in [1.29, 1.82) is 0 Å². The molecule has 3 aromatic carbocycles. The number of esters is 1. The molecule has 4 rings (SSSR count). The van der Waals surface area contributed by atoms with E-state index in [2.05, 4.69) is 96.2 Å². The van der Waals surface area contributed by atoms with Crippen LogP contribution in [-0.4, -0.2) is 33.5 Å². The van der Waals surface area contributed by atoms with Crippen LogP contribution in [0.4, 0.5) is 5.69 Å². The molecule has 1 aliphatic carbocycles.